The zero-order valence-electron chi connectivity index (χ0n) is 34.0. The Balaban J connectivity index is 0.884. The first-order valence-electron chi connectivity index (χ1n) is 20.7. The first kappa shape index (κ1) is 39.2. The number of anilines is 3. The largest absolute Gasteiger partial charge is 0.477 e. The Morgan fingerprint density at radius 3 is 2.52 bits per heavy atom. The van der Waals surface area contributed by atoms with Crippen molar-refractivity contribution < 1.29 is 28.3 Å². The number of imide groups is 1. The molecule has 0 saturated carbocycles. The lowest BCUT2D eigenvalue weighted by atomic mass is 9.94. The van der Waals surface area contributed by atoms with Gasteiger partial charge in [-0.15, -0.1) is 0 Å². The summed E-state index contributed by atoms with van der Waals surface area (Å²) in [5, 5.41) is 9.76. The number of aryl methyl sites for hydroxylation is 2. The predicted octanol–water partition coefficient (Wildman–Crippen LogP) is 4.57. The summed E-state index contributed by atoms with van der Waals surface area (Å²) >= 11 is 0. The lowest BCUT2D eigenvalue weighted by Crippen LogP contribution is -2.56. The number of fused-ring (bicyclic) bond motifs is 7. The van der Waals surface area contributed by atoms with E-state index in [1.54, 1.807) is 29.2 Å². The van der Waals surface area contributed by atoms with Gasteiger partial charge in [-0.25, -0.2) is 14.1 Å². The van der Waals surface area contributed by atoms with Gasteiger partial charge in [0.25, 0.3) is 5.91 Å². The summed E-state index contributed by atoms with van der Waals surface area (Å²) in [6.45, 7) is 7.99. The van der Waals surface area contributed by atoms with Crippen LogP contribution < -0.4 is 25.2 Å². The maximum absolute atomic E-state index is 15.2. The number of nitrogens with one attached hydrogen (secondary N) is 2. The number of piperidine rings is 2. The molecule has 3 saturated heterocycles. The zero-order chi connectivity index (χ0) is 41.7. The molecular weight excluding hydrogens is 770 g/mol. The smallest absolute Gasteiger partial charge is 0.258 e. The molecule has 4 aliphatic heterocycles. The Hall–Kier alpha value is -6.23. The molecule has 2 bridgehead atoms. The van der Waals surface area contributed by atoms with Crippen molar-refractivity contribution in [3.05, 3.63) is 71.6 Å². The highest BCUT2D eigenvalue weighted by atomic mass is 19.1. The molecule has 1 aromatic carbocycles. The zero-order valence-corrected chi connectivity index (χ0v) is 34.0. The van der Waals surface area contributed by atoms with Gasteiger partial charge in [-0.1, -0.05) is 6.92 Å². The number of piperazine rings is 1. The van der Waals surface area contributed by atoms with Gasteiger partial charge >= 0.3 is 0 Å². The van der Waals surface area contributed by atoms with E-state index in [1.807, 2.05) is 41.6 Å². The van der Waals surface area contributed by atoms with Crippen LogP contribution in [-0.4, -0.2) is 103 Å². The maximum Gasteiger partial charge on any atom is 0.258 e. The highest BCUT2D eigenvalue weighted by Crippen LogP contribution is 2.33. The van der Waals surface area contributed by atoms with E-state index in [2.05, 4.69) is 37.4 Å². The third-order valence-electron chi connectivity index (χ3n) is 12.2. The molecule has 312 valence electrons. The quantitative estimate of drug-likeness (QED) is 0.244. The van der Waals surface area contributed by atoms with Crippen molar-refractivity contribution >= 4 is 52.0 Å². The van der Waals surface area contributed by atoms with Gasteiger partial charge in [0.1, 0.15) is 5.82 Å². The molecule has 0 unspecified atom stereocenters. The van der Waals surface area contributed by atoms with Crippen molar-refractivity contribution in [2.45, 2.75) is 70.9 Å². The molecule has 5 aromatic rings. The highest BCUT2D eigenvalue weighted by molar-refractivity contribution is 6.05. The summed E-state index contributed by atoms with van der Waals surface area (Å²) in [6, 6.07) is 11.0. The SMILES string of the molecule is Cc1cc2cc(n1)-c1cnn(C)c1OCCC[C@@H](C)Cn1c(nc3ccc(N4CCN(C5CCN(c6cnc([C@H]7CCC(=O)NC7=O)c(F)c6)CC5)CC4=O)cc31)NC2=O. The summed E-state index contributed by atoms with van der Waals surface area (Å²) in [5.74, 6) is -1.22. The molecular formula is C43H48FN11O5. The maximum atomic E-state index is 15.2. The van der Waals surface area contributed by atoms with Gasteiger partial charge < -0.3 is 19.1 Å². The molecule has 0 aliphatic carbocycles. The molecule has 4 amide bonds. The number of pyridine rings is 2. The second-order valence-corrected chi connectivity index (χ2v) is 16.4. The van der Waals surface area contributed by atoms with Gasteiger partial charge in [0, 0.05) is 75.2 Å². The molecule has 9 rings (SSSR count). The Morgan fingerprint density at radius 2 is 1.73 bits per heavy atom. The lowest BCUT2D eigenvalue weighted by Gasteiger charge is -2.42. The van der Waals surface area contributed by atoms with Crippen molar-refractivity contribution in [1.29, 1.82) is 0 Å². The number of carbonyl (C=O) groups excluding carboxylic acids is 4. The molecule has 17 heteroatoms. The van der Waals surface area contributed by atoms with Gasteiger partial charge in [0.2, 0.25) is 29.5 Å². The normalized spacial score (nSPS) is 21.1. The van der Waals surface area contributed by atoms with Crippen molar-refractivity contribution in [3.63, 3.8) is 0 Å². The fraction of sp³-hybridized carbons (Fsp3) is 0.442. The van der Waals surface area contributed by atoms with Crippen LogP contribution >= 0.6 is 0 Å². The molecule has 60 heavy (non-hydrogen) atoms. The summed E-state index contributed by atoms with van der Waals surface area (Å²) in [5.41, 5.74) is 5.50. The monoisotopic (exact) mass is 817 g/mol. The molecule has 2 atom stereocenters. The number of benzene rings is 1. The standard InChI is InChI=1S/C43H48FN11O5/c1-25-5-4-16-60-42-32(22-46-51(42)3)35-18-27(17-26(2)47-35)40(58)50-43-48-34-8-6-29(20-36(34)55(43)23-25)54-15-14-53(24-38(54)57)28-10-12-52(13-11-28)30-19-33(44)39(45-21-30)31-7-9-37(56)49-41(31)59/h6,8,17-22,25,28,31H,4-5,7,9-16,23-24H2,1-3H3,(H,48,50,58)(H,49,56,59)/t25-,31-/m1/s1. The molecule has 16 nitrogen and oxygen atoms in total. The van der Waals surface area contributed by atoms with E-state index < -0.39 is 17.6 Å². The number of imidazole rings is 1. The summed E-state index contributed by atoms with van der Waals surface area (Å²) < 4.78 is 25.2. The Kier molecular flexibility index (Phi) is 10.5. The lowest BCUT2D eigenvalue weighted by molar-refractivity contribution is -0.134. The number of ether oxygens (including phenoxy) is 1. The number of aromatic nitrogens is 6. The Bertz CT molecular complexity index is 2510. The molecule has 3 fully saturated rings. The van der Waals surface area contributed by atoms with Gasteiger partial charge in [0.05, 0.1) is 65.1 Å². The minimum atomic E-state index is -0.778. The van der Waals surface area contributed by atoms with E-state index in [9.17, 15) is 19.2 Å². The predicted molar refractivity (Wildman–Crippen MR) is 221 cm³/mol. The van der Waals surface area contributed by atoms with E-state index in [-0.39, 0.29) is 54.8 Å². The van der Waals surface area contributed by atoms with E-state index in [0.29, 0.717) is 73.8 Å². The number of hydrogen-bond donors (Lipinski definition) is 2. The van der Waals surface area contributed by atoms with E-state index in [0.717, 1.165) is 48.0 Å². The van der Waals surface area contributed by atoms with Crippen molar-refractivity contribution in [3.8, 4) is 17.1 Å². The van der Waals surface area contributed by atoms with Crippen molar-refractivity contribution in [1.82, 2.24) is 39.5 Å². The third-order valence-corrected chi connectivity index (χ3v) is 12.2. The summed E-state index contributed by atoms with van der Waals surface area (Å²) in [7, 11) is 1.83. The number of halogens is 1. The van der Waals surface area contributed by atoms with Crippen LogP contribution in [0.15, 0.2) is 48.8 Å². The highest BCUT2D eigenvalue weighted by Gasteiger charge is 2.34. The average molecular weight is 818 g/mol. The molecule has 8 heterocycles. The topological polar surface area (TPSA) is 173 Å². The van der Waals surface area contributed by atoms with Crippen LogP contribution in [0.3, 0.4) is 0 Å². The molecule has 4 aromatic heterocycles. The number of nitrogens with zero attached hydrogens (tertiary/aromatic N) is 9. The minimum absolute atomic E-state index is 0.0110. The van der Waals surface area contributed by atoms with Gasteiger partial charge in [0.15, 0.2) is 0 Å². The van der Waals surface area contributed by atoms with Crippen LogP contribution in [0.4, 0.5) is 21.7 Å². The minimum Gasteiger partial charge on any atom is -0.477 e. The van der Waals surface area contributed by atoms with Crippen LogP contribution in [0.2, 0.25) is 0 Å². The average Bonchev–Trinajstić information content (AvgIpc) is 3.77. The van der Waals surface area contributed by atoms with Crippen molar-refractivity contribution in [2.75, 3.05) is 54.4 Å². The van der Waals surface area contributed by atoms with Crippen LogP contribution in [0.1, 0.15) is 73.1 Å². The van der Waals surface area contributed by atoms with E-state index in [1.165, 1.54) is 6.07 Å². The van der Waals surface area contributed by atoms with Crippen LogP contribution in [-0.2, 0) is 28.0 Å². The molecule has 4 aliphatic rings. The van der Waals surface area contributed by atoms with E-state index >= 15 is 4.39 Å². The summed E-state index contributed by atoms with van der Waals surface area (Å²) in [4.78, 5) is 71.7. The number of rotatable bonds is 4. The number of amides is 4. The summed E-state index contributed by atoms with van der Waals surface area (Å²) in [6.07, 6.45) is 7.00. The van der Waals surface area contributed by atoms with Crippen LogP contribution in [0, 0.1) is 18.7 Å². The fourth-order valence-corrected chi connectivity index (χ4v) is 9.03. The van der Waals surface area contributed by atoms with Gasteiger partial charge in [-0.3, -0.25) is 44.7 Å². The molecule has 0 radical (unpaired) electrons. The Morgan fingerprint density at radius 1 is 0.900 bits per heavy atom. The first-order valence-corrected chi connectivity index (χ1v) is 20.7. The Labute approximate surface area is 346 Å². The molecule has 0 spiro atoms. The van der Waals surface area contributed by atoms with Crippen LogP contribution in [0.25, 0.3) is 22.3 Å². The van der Waals surface area contributed by atoms with Gasteiger partial charge in [-0.05, 0) is 75.3 Å². The number of hydrogen-bond acceptors (Lipinski definition) is 11. The molecule has 2 N–H and O–H groups in total. The van der Waals surface area contributed by atoms with Crippen molar-refractivity contribution in [2.24, 2.45) is 13.0 Å². The fourth-order valence-electron chi connectivity index (χ4n) is 9.03. The van der Waals surface area contributed by atoms with Gasteiger partial charge in [-0.2, -0.15) is 5.10 Å². The third kappa shape index (κ3) is 7.69. The first-order chi connectivity index (χ1) is 29.0. The number of carbonyl (C=O) groups is 4. The van der Waals surface area contributed by atoms with E-state index in [4.69, 9.17) is 14.7 Å². The van der Waals surface area contributed by atoms with Crippen LogP contribution in [0.5, 0.6) is 5.88 Å². The second-order valence-electron chi connectivity index (χ2n) is 16.4. The second kappa shape index (κ2) is 16.1.